The van der Waals surface area contributed by atoms with Crippen molar-refractivity contribution in [3.05, 3.63) is 183 Å². The summed E-state index contributed by atoms with van der Waals surface area (Å²) < 4.78 is 18.7. The van der Waals surface area contributed by atoms with Gasteiger partial charge in [-0.1, -0.05) is 75.5 Å². The summed E-state index contributed by atoms with van der Waals surface area (Å²) in [6, 6.07) is 23.3. The van der Waals surface area contributed by atoms with Crippen molar-refractivity contribution < 1.29 is 116 Å². The van der Waals surface area contributed by atoms with Gasteiger partial charge in [0.05, 0.1) is 0 Å². The van der Waals surface area contributed by atoms with E-state index >= 15 is 0 Å². The third kappa shape index (κ3) is 47.4. The standard InChI is InChI=1S/C14H16N2O2.C10H14N2.C9H12N2.C9H10N2.C8H13NO.C5H4N.C4H7NO.C4H8O.CH4.CH3.ClH.2Co.I2.HI.Na.H2O5P2.H2O/c1-2-3-8-16-9-6-12(14(16)18)13(17)11-5-4-7-15-10-11;1-12-7-3-5-10(12)9-4-2-6-11-8-9;2*1-3-8(7-10-5-1)9-4-2-6-11-9;1-2-3-6-9-7-4-5-8(9)10;1-2-4-6-5-3-1;6-4-2-1-3-5-4;1-2-3-4-5;;;;;;1-2;;;1-6(2)7(3,4)5;/h3-5,7-8,10,12H,2,6,9H2,1H3;2,4,6,8,10H,3,5,7H2,1H3;1,3,5,7,9,11H,2,4,6H2;1,3,5,7H,2,4,6H2;3,6H,2,4-5,7H2,1H3;1-2,4-5H;1-3H2,(H,5,6);4H,2-3H2,1H3;1H4;1H3;1H;;;;1H;;(H2,3,4,5);1H2/q;;;;;-1;;;;-1;;;;;;+1;;/p-1/b8-3-;;;;6-3-;;;;;;;;;;;;;. The van der Waals surface area contributed by atoms with Crippen LogP contribution in [-0.2, 0) is 61.9 Å². The molecule has 536 valence electrons. The molecule has 11 rings (SSSR count). The Kier molecular flexibility index (Phi) is 75.6. The van der Waals surface area contributed by atoms with E-state index in [2.05, 4.69) is 121 Å². The van der Waals surface area contributed by atoms with Gasteiger partial charge in [0.1, 0.15) is 12.2 Å². The molecular weight excluding hydrogens is 1730 g/mol. The van der Waals surface area contributed by atoms with Crippen LogP contribution in [0.5, 0.6) is 0 Å². The number of halogens is 4. The minimum Gasteiger partial charge on any atom is -0.870 e. The number of aromatic nitrogens is 5. The molecule has 22 nitrogen and oxygen atoms in total. The number of hydrogen-bond donors (Lipinski definition) is 4. The van der Waals surface area contributed by atoms with Crippen molar-refractivity contribution >= 4 is 124 Å². The van der Waals surface area contributed by atoms with Gasteiger partial charge in [0.25, 0.3) is 0 Å². The summed E-state index contributed by atoms with van der Waals surface area (Å²) in [6.07, 6.45) is 41.4. The average molecular weight is 1830 g/mol. The van der Waals surface area contributed by atoms with Crippen LogP contribution in [-0.4, -0.2) is 137 Å². The number of ketones is 1. The molecular formula is C65H96ClCo2I3N11NaO11P2-2. The number of nitrogens with one attached hydrogen (secondary N) is 2. The second kappa shape index (κ2) is 68.0. The fourth-order valence-electron chi connectivity index (χ4n) is 8.82. The Bertz CT molecular complexity index is 2850. The van der Waals surface area contributed by atoms with E-state index in [1.54, 1.807) is 52.9 Å². The van der Waals surface area contributed by atoms with Gasteiger partial charge >= 0.3 is 44.6 Å². The predicted molar refractivity (Wildman–Crippen MR) is 398 cm³/mol. The average Bonchev–Trinajstić information content (AvgIpc) is 1.72. The number of rotatable bonds is 12. The van der Waals surface area contributed by atoms with E-state index in [4.69, 9.17) is 9.79 Å². The quantitative estimate of drug-likeness (QED) is 0.0172. The van der Waals surface area contributed by atoms with Crippen molar-refractivity contribution in [1.82, 2.24) is 50.3 Å². The van der Waals surface area contributed by atoms with E-state index < -0.39 is 20.9 Å². The van der Waals surface area contributed by atoms with Crippen molar-refractivity contribution in [3.63, 3.8) is 0 Å². The maximum Gasteiger partial charge on any atom is 1.00 e. The maximum absolute atomic E-state index is 12.2. The number of allylic oxidation sites excluding steroid dienone is 2. The van der Waals surface area contributed by atoms with Crippen LogP contribution < -0.4 is 45.1 Å². The van der Waals surface area contributed by atoms with E-state index in [-0.39, 0.29) is 143 Å². The number of unbranched alkanes of at least 4 members (excludes halogenated alkanes) is 1. The van der Waals surface area contributed by atoms with Gasteiger partial charge in [-0.2, -0.15) is 6.07 Å². The molecule has 0 saturated carbocycles. The fraction of sp³-hybridized carbons (Fsp3) is 0.446. The Labute approximate surface area is 660 Å². The van der Waals surface area contributed by atoms with Crippen LogP contribution in [0.1, 0.15) is 164 Å². The summed E-state index contributed by atoms with van der Waals surface area (Å²) in [6.45, 7) is 11.8. The fourth-order valence-corrected chi connectivity index (χ4v) is 8.82. The van der Waals surface area contributed by atoms with Crippen molar-refractivity contribution in [2.75, 3.05) is 46.3 Å². The molecule has 0 aromatic carbocycles. The van der Waals surface area contributed by atoms with Crippen LogP contribution in [0, 0.1) is 19.4 Å². The minimum atomic E-state index is -4.78. The summed E-state index contributed by atoms with van der Waals surface area (Å²) in [5.41, 5.74) is 5.60. The summed E-state index contributed by atoms with van der Waals surface area (Å²) in [4.78, 5) is 109. The molecule has 5 aromatic rings. The third-order valence-electron chi connectivity index (χ3n) is 13.3. The summed E-state index contributed by atoms with van der Waals surface area (Å²) in [5, 5.41) is 6.11. The number of aldehydes is 1. The van der Waals surface area contributed by atoms with Crippen LogP contribution in [0.3, 0.4) is 0 Å². The molecule has 5 N–H and O–H groups in total. The molecule has 3 amide bonds. The van der Waals surface area contributed by atoms with Gasteiger partial charge in [0.15, 0.2) is 5.78 Å². The van der Waals surface area contributed by atoms with Crippen molar-refractivity contribution in [1.29, 1.82) is 0 Å². The molecule has 96 heavy (non-hydrogen) atoms. The van der Waals surface area contributed by atoms with Crippen LogP contribution in [0.15, 0.2) is 152 Å². The molecule has 4 atom stereocenters. The largest absolute Gasteiger partial charge is 1.00 e. The molecule has 5 saturated heterocycles. The SMILES string of the molecule is C.CC/C=C\N1CCC(C(=O)c2cccnc2)C1=O.CC/C=C\N1CCCC1=O.CCCC=O.CN1CCCC1c1cccnc1.Cl.I.II.O=C1CCCN1.O=[P+]([O-])P(=O)(O)O.[CH3-].[Co].[Co].[Na+].[OH-].[c-]1cccnc1.c1cncc(C2=NCCC2)c1.c1cncc(C2CCCN2)c1. The van der Waals surface area contributed by atoms with Crippen molar-refractivity contribution in [2.45, 2.75) is 137 Å². The number of likely N-dealkylation sites (tertiary alicyclic amines) is 3. The zero-order chi connectivity index (χ0) is 64.6. The van der Waals surface area contributed by atoms with E-state index in [1.807, 2.05) is 93.5 Å². The summed E-state index contributed by atoms with van der Waals surface area (Å²) >= 11 is 4.24. The first-order valence-corrected chi connectivity index (χ1v) is 39.3. The van der Waals surface area contributed by atoms with E-state index in [9.17, 15) is 38.0 Å². The molecule has 6 aliphatic rings. The number of nitrogens with zero attached hydrogens (tertiary/aromatic N) is 9. The third-order valence-corrected chi connectivity index (χ3v) is 15.0. The van der Waals surface area contributed by atoms with Crippen molar-refractivity contribution in [3.8, 4) is 0 Å². The second-order valence-corrected chi connectivity index (χ2v) is 23.9. The smallest absolute Gasteiger partial charge is 0.870 e. The molecule has 0 aliphatic carbocycles. The van der Waals surface area contributed by atoms with Crippen molar-refractivity contribution in [2.24, 2.45) is 10.9 Å². The Balaban J connectivity index is -0.000000187. The summed E-state index contributed by atoms with van der Waals surface area (Å²) in [5.74, 6) is -0.301. The number of pyridine rings is 5. The number of hydrogen-bond acceptors (Lipinski definition) is 17. The number of Topliss-reactive ketones (excluding diaryl/α,β-unsaturated/α-hetero) is 1. The number of aliphatic imine (C=N–C) groups is 1. The van der Waals surface area contributed by atoms with Gasteiger partial charge in [0, 0.05) is 207 Å². The van der Waals surface area contributed by atoms with Gasteiger partial charge in [-0.25, -0.2) is 16.7 Å². The molecule has 4 unspecified atom stereocenters. The molecule has 11 heterocycles. The van der Waals surface area contributed by atoms with E-state index in [1.165, 1.54) is 67.2 Å². The van der Waals surface area contributed by atoms with Gasteiger partial charge in [-0.15, -0.1) is 36.4 Å². The first kappa shape index (κ1) is 107. The molecule has 0 bridgehead atoms. The van der Waals surface area contributed by atoms with Crippen LogP contribution >= 0.6 is 88.6 Å². The van der Waals surface area contributed by atoms with Gasteiger partial charge in [0.2, 0.25) is 17.7 Å². The van der Waals surface area contributed by atoms with Crippen LogP contribution in [0.4, 0.5) is 0 Å². The molecule has 5 aromatic heterocycles. The Morgan fingerprint density at radius 1 is 0.760 bits per heavy atom. The Morgan fingerprint density at radius 2 is 1.34 bits per heavy atom. The molecule has 5 fully saturated rings. The zero-order valence-corrected chi connectivity index (χ0v) is 68.1. The first-order valence-electron chi connectivity index (χ1n) is 29.5. The number of amides is 3. The summed E-state index contributed by atoms with van der Waals surface area (Å²) in [7, 11) is -6.17. The minimum absolute atomic E-state index is 0. The number of carbonyl (C=O) groups is 5. The first-order chi connectivity index (χ1) is 42.6. The number of carbonyl (C=O) groups excluding carboxylic acids is 5. The van der Waals surface area contributed by atoms with E-state index in [0.717, 1.165) is 83.8 Å². The van der Waals surface area contributed by atoms with E-state index in [0.29, 0.717) is 37.0 Å². The molecule has 0 spiro atoms. The second-order valence-electron chi connectivity index (χ2n) is 19.9. The van der Waals surface area contributed by atoms with Gasteiger partial charge in [-0.3, -0.25) is 58.8 Å². The Morgan fingerprint density at radius 3 is 1.71 bits per heavy atom. The van der Waals surface area contributed by atoms with Gasteiger partial charge < -0.3 is 48.0 Å². The molecule has 2 radical (unpaired) electrons. The monoisotopic (exact) mass is 1830 g/mol. The predicted octanol–water partition coefficient (Wildman–Crippen LogP) is 10.3. The normalized spacial score (nSPS) is 16.7. The van der Waals surface area contributed by atoms with Crippen LogP contribution in [0.2, 0.25) is 0 Å². The topological polar surface area (TPSA) is 324 Å². The van der Waals surface area contributed by atoms with Crippen LogP contribution in [0.25, 0.3) is 0 Å². The zero-order valence-electron chi connectivity index (χ0n) is 54.8. The molecule has 6 aliphatic heterocycles. The Hall–Kier alpha value is -2.77. The maximum atomic E-state index is 12.2. The molecule has 31 heteroatoms. The van der Waals surface area contributed by atoms with Gasteiger partial charge in [-0.05, 0) is 139 Å².